The molecule has 3 aromatic rings. The van der Waals surface area contributed by atoms with E-state index in [2.05, 4.69) is 25.5 Å². The number of ether oxygens (including phenoxy) is 1. The number of methoxy groups -OCH3 is 1. The summed E-state index contributed by atoms with van der Waals surface area (Å²) in [6, 6.07) is 5.61. The number of piperidine rings is 1. The summed E-state index contributed by atoms with van der Waals surface area (Å²) in [4.78, 5) is 48.9. The predicted molar refractivity (Wildman–Crippen MR) is 136 cm³/mol. The first-order valence-corrected chi connectivity index (χ1v) is 12.4. The van der Waals surface area contributed by atoms with E-state index in [9.17, 15) is 14.4 Å². The standard InChI is InChI=1S/C24H30N6O4S/c1-14(2)26-22(32)16-7-9-29(10-8-16)24-28-21-20(35-24)23(33)30(13-25-21)12-19(31)27-17-11-15(3)5-6-18(17)34-4/h5-6,11,13-14,16H,7-10,12H2,1-4H3,(H,26,32)(H,27,31). The van der Waals surface area contributed by atoms with E-state index in [0.29, 0.717) is 40.0 Å². The number of amides is 2. The second kappa shape index (κ2) is 10.4. The van der Waals surface area contributed by atoms with Crippen LogP contribution in [0.25, 0.3) is 10.3 Å². The van der Waals surface area contributed by atoms with Crippen molar-refractivity contribution < 1.29 is 14.3 Å². The lowest BCUT2D eigenvalue weighted by Gasteiger charge is -2.31. The Kier molecular flexibility index (Phi) is 7.34. The van der Waals surface area contributed by atoms with Crippen molar-refractivity contribution in [2.75, 3.05) is 30.4 Å². The molecule has 10 nitrogen and oxygen atoms in total. The molecule has 0 spiro atoms. The highest BCUT2D eigenvalue weighted by atomic mass is 32.1. The van der Waals surface area contributed by atoms with E-state index >= 15 is 0 Å². The lowest BCUT2D eigenvalue weighted by atomic mass is 9.96. The van der Waals surface area contributed by atoms with Crippen molar-refractivity contribution in [1.82, 2.24) is 19.9 Å². The number of hydrogen-bond acceptors (Lipinski definition) is 8. The number of aromatic nitrogens is 3. The second-order valence-electron chi connectivity index (χ2n) is 9.00. The number of aryl methyl sites for hydroxylation is 1. The van der Waals surface area contributed by atoms with Gasteiger partial charge in [0.25, 0.3) is 5.56 Å². The van der Waals surface area contributed by atoms with Gasteiger partial charge in [-0.3, -0.25) is 19.0 Å². The van der Waals surface area contributed by atoms with Crippen LogP contribution >= 0.6 is 11.3 Å². The van der Waals surface area contributed by atoms with Gasteiger partial charge in [-0.1, -0.05) is 17.4 Å². The van der Waals surface area contributed by atoms with Crippen LogP contribution in [0.15, 0.2) is 29.3 Å². The van der Waals surface area contributed by atoms with Gasteiger partial charge in [0.05, 0.1) is 12.8 Å². The number of thiazole rings is 1. The van der Waals surface area contributed by atoms with Crippen molar-refractivity contribution in [3.8, 4) is 5.75 Å². The smallest absolute Gasteiger partial charge is 0.273 e. The minimum absolute atomic E-state index is 0.0103. The van der Waals surface area contributed by atoms with E-state index in [1.807, 2.05) is 32.9 Å². The van der Waals surface area contributed by atoms with Crippen molar-refractivity contribution in [2.45, 2.75) is 46.2 Å². The summed E-state index contributed by atoms with van der Waals surface area (Å²) in [6.07, 6.45) is 2.81. The molecule has 1 fully saturated rings. The number of carbonyl (C=O) groups is 2. The van der Waals surface area contributed by atoms with Crippen LogP contribution in [0, 0.1) is 12.8 Å². The summed E-state index contributed by atoms with van der Waals surface area (Å²) < 4.78 is 6.99. The molecule has 1 saturated heterocycles. The van der Waals surface area contributed by atoms with Crippen LogP contribution in [0.5, 0.6) is 5.75 Å². The van der Waals surface area contributed by atoms with Crippen LogP contribution in [-0.2, 0) is 16.1 Å². The largest absolute Gasteiger partial charge is 0.495 e. The van der Waals surface area contributed by atoms with Gasteiger partial charge in [0.2, 0.25) is 11.8 Å². The van der Waals surface area contributed by atoms with E-state index < -0.39 is 0 Å². The fraction of sp³-hybridized carbons (Fsp3) is 0.458. The zero-order valence-corrected chi connectivity index (χ0v) is 21.1. The fourth-order valence-corrected chi connectivity index (χ4v) is 5.10. The molecule has 0 saturated carbocycles. The minimum atomic E-state index is -0.358. The Morgan fingerprint density at radius 1 is 1.26 bits per heavy atom. The minimum Gasteiger partial charge on any atom is -0.495 e. The summed E-state index contributed by atoms with van der Waals surface area (Å²) in [7, 11) is 1.53. The first-order valence-electron chi connectivity index (χ1n) is 11.6. The van der Waals surface area contributed by atoms with Crippen molar-refractivity contribution in [1.29, 1.82) is 0 Å². The molecule has 4 rings (SSSR count). The van der Waals surface area contributed by atoms with Gasteiger partial charge >= 0.3 is 0 Å². The molecule has 2 N–H and O–H groups in total. The van der Waals surface area contributed by atoms with E-state index in [4.69, 9.17) is 4.74 Å². The van der Waals surface area contributed by atoms with Crippen LogP contribution in [0.2, 0.25) is 0 Å². The van der Waals surface area contributed by atoms with E-state index in [1.165, 1.54) is 29.3 Å². The van der Waals surface area contributed by atoms with Crippen LogP contribution in [-0.4, -0.2) is 52.6 Å². The van der Waals surface area contributed by atoms with Crippen LogP contribution in [0.3, 0.4) is 0 Å². The monoisotopic (exact) mass is 498 g/mol. The Morgan fingerprint density at radius 3 is 2.69 bits per heavy atom. The molecule has 0 atom stereocenters. The number of rotatable bonds is 7. The summed E-state index contributed by atoms with van der Waals surface area (Å²) in [5, 5.41) is 6.49. The molecule has 0 bridgehead atoms. The first-order chi connectivity index (χ1) is 16.7. The van der Waals surface area contributed by atoms with Gasteiger partial charge in [0.1, 0.15) is 23.3 Å². The molecule has 0 aliphatic carbocycles. The number of benzene rings is 1. The molecule has 2 amide bonds. The summed E-state index contributed by atoms with van der Waals surface area (Å²) in [5.41, 5.74) is 1.58. The molecule has 186 valence electrons. The molecule has 0 unspecified atom stereocenters. The molecule has 11 heteroatoms. The molecule has 0 radical (unpaired) electrons. The lowest BCUT2D eigenvalue weighted by Crippen LogP contribution is -2.42. The molecule has 1 aromatic carbocycles. The molecular formula is C24H30N6O4S. The van der Waals surface area contributed by atoms with Gasteiger partial charge in [-0.2, -0.15) is 4.98 Å². The molecule has 35 heavy (non-hydrogen) atoms. The predicted octanol–water partition coefficient (Wildman–Crippen LogP) is 2.55. The average molecular weight is 499 g/mol. The maximum atomic E-state index is 13.1. The zero-order chi connectivity index (χ0) is 25.1. The number of anilines is 2. The molecular weight excluding hydrogens is 468 g/mol. The van der Waals surface area contributed by atoms with Gasteiger partial charge in [-0.15, -0.1) is 0 Å². The van der Waals surface area contributed by atoms with Gasteiger partial charge in [0.15, 0.2) is 10.8 Å². The summed E-state index contributed by atoms with van der Waals surface area (Å²) in [5.74, 6) is 0.269. The Labute approximate surface area is 207 Å². The topological polar surface area (TPSA) is 118 Å². The highest BCUT2D eigenvalue weighted by Crippen LogP contribution is 2.29. The zero-order valence-electron chi connectivity index (χ0n) is 20.3. The van der Waals surface area contributed by atoms with Gasteiger partial charge < -0.3 is 20.3 Å². The SMILES string of the molecule is COc1ccc(C)cc1NC(=O)Cn1cnc2nc(N3CCC(C(=O)NC(C)C)CC3)sc2c1=O. The van der Waals surface area contributed by atoms with Gasteiger partial charge in [-0.25, -0.2) is 4.98 Å². The third-order valence-electron chi connectivity index (χ3n) is 5.88. The maximum Gasteiger partial charge on any atom is 0.273 e. The van der Waals surface area contributed by atoms with E-state index in [0.717, 1.165) is 18.4 Å². The van der Waals surface area contributed by atoms with E-state index in [-0.39, 0.29) is 35.9 Å². The quantitative estimate of drug-likeness (QED) is 0.514. The van der Waals surface area contributed by atoms with E-state index in [1.54, 1.807) is 6.07 Å². The Morgan fingerprint density at radius 2 is 2.00 bits per heavy atom. The molecule has 2 aromatic heterocycles. The number of hydrogen-bond donors (Lipinski definition) is 2. The normalized spacial score (nSPS) is 14.4. The number of nitrogens with one attached hydrogen (secondary N) is 2. The summed E-state index contributed by atoms with van der Waals surface area (Å²) >= 11 is 1.27. The van der Waals surface area contributed by atoms with Crippen LogP contribution in [0.4, 0.5) is 10.8 Å². The van der Waals surface area contributed by atoms with Crippen molar-refractivity contribution in [3.63, 3.8) is 0 Å². The highest BCUT2D eigenvalue weighted by Gasteiger charge is 2.27. The Balaban J connectivity index is 1.45. The molecule has 1 aliphatic heterocycles. The fourth-order valence-electron chi connectivity index (χ4n) is 4.08. The van der Waals surface area contributed by atoms with Crippen molar-refractivity contribution in [3.05, 3.63) is 40.4 Å². The second-order valence-corrected chi connectivity index (χ2v) is 9.98. The molecule has 1 aliphatic rings. The van der Waals surface area contributed by atoms with Crippen molar-refractivity contribution in [2.24, 2.45) is 5.92 Å². The third kappa shape index (κ3) is 5.61. The molecule has 3 heterocycles. The Hall–Kier alpha value is -3.47. The van der Waals surface area contributed by atoms with Gasteiger partial charge in [-0.05, 0) is 51.3 Å². The average Bonchev–Trinajstić information content (AvgIpc) is 3.26. The highest BCUT2D eigenvalue weighted by molar-refractivity contribution is 7.22. The summed E-state index contributed by atoms with van der Waals surface area (Å²) in [6.45, 7) is 7.02. The Bertz CT molecular complexity index is 1290. The number of fused-ring (bicyclic) bond motifs is 1. The number of nitrogens with zero attached hydrogens (tertiary/aromatic N) is 4. The van der Waals surface area contributed by atoms with Gasteiger partial charge in [0, 0.05) is 25.0 Å². The lowest BCUT2D eigenvalue weighted by molar-refractivity contribution is -0.126. The maximum absolute atomic E-state index is 13.1. The van der Waals surface area contributed by atoms with Crippen molar-refractivity contribution >= 4 is 44.3 Å². The van der Waals surface area contributed by atoms with Crippen LogP contribution in [0.1, 0.15) is 32.3 Å². The third-order valence-corrected chi connectivity index (χ3v) is 6.98. The number of carbonyl (C=O) groups excluding carboxylic acids is 2. The van der Waals surface area contributed by atoms with Crippen LogP contribution < -0.4 is 25.8 Å². The first kappa shape index (κ1) is 24.6.